The summed E-state index contributed by atoms with van der Waals surface area (Å²) in [6.45, 7) is 4.19. The lowest BCUT2D eigenvalue weighted by molar-refractivity contribution is 0.0982. The summed E-state index contributed by atoms with van der Waals surface area (Å²) in [4.78, 5) is 13.2. The summed E-state index contributed by atoms with van der Waals surface area (Å²) < 4.78 is 12.8. The van der Waals surface area contributed by atoms with Crippen LogP contribution >= 0.6 is 11.8 Å². The highest BCUT2D eigenvalue weighted by Crippen LogP contribution is 2.24. The summed E-state index contributed by atoms with van der Waals surface area (Å²) in [5, 5.41) is 0. The standard InChI is InChI=1S/C18H19FOS/c1-13-5-6-14(2)18(12-13)21-11-3-4-17(20)15-7-9-16(19)10-8-15/h5-10,12H,3-4,11H2,1-2H3. The molecular weight excluding hydrogens is 283 g/mol. The maximum atomic E-state index is 12.8. The van der Waals surface area contributed by atoms with Gasteiger partial charge in [0.15, 0.2) is 5.78 Å². The normalized spacial score (nSPS) is 10.6. The predicted molar refractivity (Wildman–Crippen MR) is 86.6 cm³/mol. The van der Waals surface area contributed by atoms with Crippen molar-refractivity contribution in [3.05, 3.63) is 65.0 Å². The number of rotatable bonds is 6. The number of benzene rings is 2. The number of Topliss-reactive ketones (excluding diaryl/α,β-unsaturated/α-hetero) is 1. The van der Waals surface area contributed by atoms with Gasteiger partial charge in [0.25, 0.3) is 0 Å². The molecular formula is C18H19FOS. The van der Waals surface area contributed by atoms with E-state index in [1.807, 2.05) is 0 Å². The van der Waals surface area contributed by atoms with E-state index in [9.17, 15) is 9.18 Å². The Morgan fingerprint density at radius 1 is 1.10 bits per heavy atom. The average Bonchev–Trinajstić information content (AvgIpc) is 2.47. The molecule has 0 bridgehead atoms. The second kappa shape index (κ2) is 7.41. The zero-order chi connectivity index (χ0) is 15.2. The van der Waals surface area contributed by atoms with Crippen LogP contribution < -0.4 is 0 Å². The molecule has 0 aliphatic heterocycles. The fourth-order valence-corrected chi connectivity index (χ4v) is 3.13. The topological polar surface area (TPSA) is 17.1 Å². The van der Waals surface area contributed by atoms with Crippen LogP contribution in [-0.2, 0) is 0 Å². The summed E-state index contributed by atoms with van der Waals surface area (Å²) in [7, 11) is 0. The van der Waals surface area contributed by atoms with Crippen LogP contribution in [0.4, 0.5) is 4.39 Å². The second-order valence-electron chi connectivity index (χ2n) is 5.15. The highest BCUT2D eigenvalue weighted by Gasteiger charge is 2.06. The molecule has 0 unspecified atom stereocenters. The van der Waals surface area contributed by atoms with Crippen LogP contribution in [0.15, 0.2) is 47.4 Å². The first-order chi connectivity index (χ1) is 10.1. The highest BCUT2D eigenvalue weighted by molar-refractivity contribution is 7.99. The molecule has 0 N–H and O–H groups in total. The summed E-state index contributed by atoms with van der Waals surface area (Å²) in [6, 6.07) is 12.2. The Bertz CT molecular complexity index is 620. The molecule has 0 atom stereocenters. The van der Waals surface area contributed by atoms with E-state index in [1.54, 1.807) is 23.9 Å². The molecule has 0 aliphatic carbocycles. The van der Waals surface area contributed by atoms with Crippen LogP contribution in [0, 0.1) is 19.7 Å². The SMILES string of the molecule is Cc1ccc(C)c(SCCCC(=O)c2ccc(F)cc2)c1. The summed E-state index contributed by atoms with van der Waals surface area (Å²) in [6.07, 6.45) is 1.33. The van der Waals surface area contributed by atoms with Gasteiger partial charge in [-0.3, -0.25) is 4.79 Å². The second-order valence-corrected chi connectivity index (χ2v) is 6.29. The van der Waals surface area contributed by atoms with E-state index in [0.717, 1.165) is 12.2 Å². The molecule has 0 radical (unpaired) electrons. The predicted octanol–water partition coefficient (Wildman–Crippen LogP) is 5.20. The van der Waals surface area contributed by atoms with Crippen molar-refractivity contribution in [1.82, 2.24) is 0 Å². The van der Waals surface area contributed by atoms with Gasteiger partial charge in [-0.25, -0.2) is 4.39 Å². The molecule has 0 spiro atoms. The van der Waals surface area contributed by atoms with Crippen molar-refractivity contribution in [3.63, 3.8) is 0 Å². The van der Waals surface area contributed by atoms with E-state index < -0.39 is 0 Å². The number of aryl methyl sites for hydroxylation is 2. The van der Waals surface area contributed by atoms with Gasteiger partial charge in [0.1, 0.15) is 5.82 Å². The van der Waals surface area contributed by atoms with Crippen LogP contribution in [0.2, 0.25) is 0 Å². The lowest BCUT2D eigenvalue weighted by Crippen LogP contribution is -1.99. The Morgan fingerprint density at radius 3 is 2.52 bits per heavy atom. The van der Waals surface area contributed by atoms with Crippen molar-refractivity contribution in [2.45, 2.75) is 31.6 Å². The van der Waals surface area contributed by atoms with Crippen LogP contribution in [0.1, 0.15) is 34.3 Å². The van der Waals surface area contributed by atoms with Crippen molar-refractivity contribution >= 4 is 17.5 Å². The molecule has 2 aromatic rings. The number of halogens is 1. The zero-order valence-corrected chi connectivity index (χ0v) is 13.2. The third-order valence-corrected chi connectivity index (χ3v) is 4.56. The van der Waals surface area contributed by atoms with E-state index in [1.165, 1.54) is 28.2 Å². The minimum absolute atomic E-state index is 0.0802. The Morgan fingerprint density at radius 2 is 1.81 bits per heavy atom. The monoisotopic (exact) mass is 302 g/mol. The molecule has 2 rings (SSSR count). The number of hydrogen-bond acceptors (Lipinski definition) is 2. The summed E-state index contributed by atoms with van der Waals surface area (Å²) in [5.41, 5.74) is 3.12. The van der Waals surface area contributed by atoms with Crippen molar-refractivity contribution in [1.29, 1.82) is 0 Å². The molecule has 21 heavy (non-hydrogen) atoms. The fourth-order valence-electron chi connectivity index (χ4n) is 2.06. The van der Waals surface area contributed by atoms with Gasteiger partial charge in [-0.15, -0.1) is 11.8 Å². The average molecular weight is 302 g/mol. The van der Waals surface area contributed by atoms with Crippen LogP contribution in [-0.4, -0.2) is 11.5 Å². The van der Waals surface area contributed by atoms with Gasteiger partial charge >= 0.3 is 0 Å². The number of hydrogen-bond donors (Lipinski definition) is 0. The maximum absolute atomic E-state index is 12.8. The molecule has 0 aromatic heterocycles. The van der Waals surface area contributed by atoms with Gasteiger partial charge in [0.2, 0.25) is 0 Å². The molecule has 0 amide bonds. The first kappa shape index (κ1) is 15.8. The minimum Gasteiger partial charge on any atom is -0.294 e. The Hall–Kier alpha value is -1.61. The van der Waals surface area contributed by atoms with Crippen LogP contribution in [0.3, 0.4) is 0 Å². The maximum Gasteiger partial charge on any atom is 0.162 e. The minimum atomic E-state index is -0.308. The Balaban J connectivity index is 1.80. The molecule has 0 aliphatic rings. The largest absolute Gasteiger partial charge is 0.294 e. The molecule has 1 nitrogen and oxygen atoms in total. The van der Waals surface area contributed by atoms with E-state index in [2.05, 4.69) is 32.0 Å². The van der Waals surface area contributed by atoms with Gasteiger partial charge in [-0.2, -0.15) is 0 Å². The lowest BCUT2D eigenvalue weighted by Gasteiger charge is -2.06. The Kier molecular flexibility index (Phi) is 5.57. The van der Waals surface area contributed by atoms with Crippen molar-refractivity contribution < 1.29 is 9.18 Å². The molecule has 0 heterocycles. The van der Waals surface area contributed by atoms with Gasteiger partial charge in [0, 0.05) is 16.9 Å². The first-order valence-electron chi connectivity index (χ1n) is 7.05. The third-order valence-electron chi connectivity index (χ3n) is 3.32. The number of thioether (sulfide) groups is 1. The number of ketones is 1. The molecule has 0 saturated heterocycles. The number of carbonyl (C=O) groups excluding carboxylic acids is 1. The van der Waals surface area contributed by atoms with Crippen LogP contribution in [0.5, 0.6) is 0 Å². The van der Waals surface area contributed by atoms with E-state index in [-0.39, 0.29) is 11.6 Å². The van der Waals surface area contributed by atoms with E-state index in [4.69, 9.17) is 0 Å². The van der Waals surface area contributed by atoms with Crippen LogP contribution in [0.25, 0.3) is 0 Å². The van der Waals surface area contributed by atoms with Crippen molar-refractivity contribution in [2.75, 3.05) is 5.75 Å². The summed E-state index contributed by atoms with van der Waals surface area (Å²) in [5.74, 6) is 0.686. The molecule has 0 saturated carbocycles. The summed E-state index contributed by atoms with van der Waals surface area (Å²) >= 11 is 1.79. The fraction of sp³-hybridized carbons (Fsp3) is 0.278. The van der Waals surface area contributed by atoms with Crippen molar-refractivity contribution in [2.24, 2.45) is 0 Å². The van der Waals surface area contributed by atoms with E-state index >= 15 is 0 Å². The van der Waals surface area contributed by atoms with Gasteiger partial charge in [-0.1, -0.05) is 17.7 Å². The first-order valence-corrected chi connectivity index (χ1v) is 8.03. The van der Waals surface area contributed by atoms with Gasteiger partial charge < -0.3 is 0 Å². The van der Waals surface area contributed by atoms with Gasteiger partial charge in [0.05, 0.1) is 0 Å². The molecule has 2 aromatic carbocycles. The smallest absolute Gasteiger partial charge is 0.162 e. The molecule has 3 heteroatoms. The zero-order valence-electron chi connectivity index (χ0n) is 12.4. The quantitative estimate of drug-likeness (QED) is 0.414. The third kappa shape index (κ3) is 4.71. The van der Waals surface area contributed by atoms with E-state index in [0.29, 0.717) is 12.0 Å². The number of carbonyl (C=O) groups is 1. The van der Waals surface area contributed by atoms with Crippen molar-refractivity contribution in [3.8, 4) is 0 Å². The lowest BCUT2D eigenvalue weighted by atomic mass is 10.1. The highest BCUT2D eigenvalue weighted by atomic mass is 32.2. The van der Waals surface area contributed by atoms with Gasteiger partial charge in [-0.05, 0) is 61.9 Å². The molecule has 110 valence electrons. The Labute approximate surface area is 129 Å². The molecule has 0 fully saturated rings.